The predicted octanol–water partition coefficient (Wildman–Crippen LogP) is 16.2. The van der Waals surface area contributed by atoms with Crippen molar-refractivity contribution in [3.8, 4) is 0 Å². The molecule has 1 fully saturated rings. The third kappa shape index (κ3) is 168. The average molecular weight is 2230 g/mol. The number of carbonyl (C=O) groups is 3. The minimum atomic E-state index is -4.11. The quantitative estimate of drug-likeness (QED) is 0.0256. The maximum Gasteiger partial charge on any atom is 0.351 e. The molecule has 9 N–H and O–H groups in total. The van der Waals surface area contributed by atoms with E-state index in [1.807, 2.05) is 143 Å². The van der Waals surface area contributed by atoms with Crippen molar-refractivity contribution < 1.29 is 156 Å². The van der Waals surface area contributed by atoms with Gasteiger partial charge in [0.05, 0.1) is 52.8 Å². The van der Waals surface area contributed by atoms with Crippen LogP contribution in [0.15, 0.2) is 47.2 Å². The van der Waals surface area contributed by atoms with E-state index >= 15 is 0 Å². The molecule has 0 aromatic heterocycles. The van der Waals surface area contributed by atoms with Crippen LogP contribution in [0.5, 0.6) is 0 Å². The van der Waals surface area contributed by atoms with Gasteiger partial charge in [-0.3, -0.25) is 41.9 Å². The molecule has 1 aliphatic rings. The number of sulfone groups is 3. The maximum atomic E-state index is 11.2. The highest BCUT2D eigenvalue weighted by Crippen LogP contribution is 2.44. The topological polar surface area (TPSA) is 608 Å². The van der Waals surface area contributed by atoms with Crippen molar-refractivity contribution >= 4 is 135 Å². The van der Waals surface area contributed by atoms with Gasteiger partial charge < -0.3 is 47.5 Å². The predicted molar refractivity (Wildman–Crippen MR) is 569 cm³/mol. The zero-order valence-electron chi connectivity index (χ0n) is 88.9. The number of ether oxygens (including phenoxy) is 2. The van der Waals surface area contributed by atoms with Crippen molar-refractivity contribution in [2.45, 2.75) is 250 Å². The Bertz CT molecular complexity index is 4520. The molecule has 1 saturated heterocycles. The Balaban J connectivity index is -0.0000000842. The molecule has 0 saturated carbocycles. The zero-order chi connectivity index (χ0) is 111. The summed E-state index contributed by atoms with van der Waals surface area (Å²) in [5.41, 5.74) is -0.591. The second kappa shape index (κ2) is 88.3. The van der Waals surface area contributed by atoms with Gasteiger partial charge in [0.25, 0.3) is 0 Å². The van der Waals surface area contributed by atoms with E-state index < -0.39 is 136 Å². The Hall–Kier alpha value is -2.04. The summed E-state index contributed by atoms with van der Waals surface area (Å²) in [7, 11) is -40.6. The molecule has 1 amide bonds. The summed E-state index contributed by atoms with van der Waals surface area (Å²) in [6.07, 6.45) is 11.4. The van der Waals surface area contributed by atoms with Crippen molar-refractivity contribution in [3.63, 3.8) is 0 Å². The first kappa shape index (κ1) is 162. The number of hydrogen-bond donors (Lipinski definition) is 9. The van der Waals surface area contributed by atoms with Gasteiger partial charge >= 0.3 is 22.8 Å². The largest absolute Gasteiger partial charge is 0.373 e. The van der Waals surface area contributed by atoms with Crippen molar-refractivity contribution in [2.75, 3.05) is 153 Å². The molecule has 0 aromatic rings. The smallest absolute Gasteiger partial charge is 0.351 e. The lowest BCUT2D eigenvalue weighted by atomic mass is 10.2. The molecule has 1 heterocycles. The van der Waals surface area contributed by atoms with E-state index in [1.165, 1.54) is 64.8 Å². The highest BCUT2D eigenvalue weighted by molar-refractivity contribution is 7.98. The molecular weight excluding hydrogens is 2030 g/mol. The van der Waals surface area contributed by atoms with Crippen LogP contribution in [0.4, 0.5) is 0 Å². The van der Waals surface area contributed by atoms with E-state index in [9.17, 15) is 105 Å². The van der Waals surface area contributed by atoms with Crippen molar-refractivity contribution in [1.82, 2.24) is 23.2 Å². The Morgan fingerprint density at radius 2 is 0.904 bits per heavy atom. The maximum absolute atomic E-state index is 11.2. The lowest BCUT2D eigenvalue weighted by Gasteiger charge is -2.15. The van der Waals surface area contributed by atoms with Crippen LogP contribution in [0.3, 0.4) is 0 Å². The fourth-order valence-corrected chi connectivity index (χ4v) is 20.3. The van der Waals surface area contributed by atoms with Crippen LogP contribution >= 0.6 is 37.5 Å². The molecular formula is C84H196N5O34P5S8. The van der Waals surface area contributed by atoms with Gasteiger partial charge in [0.2, 0.25) is 70.8 Å². The number of allylic oxidation sites excluding steroid dienone is 4. The minimum Gasteiger partial charge on any atom is -0.373 e. The lowest BCUT2D eigenvalue weighted by Crippen LogP contribution is -2.32. The van der Waals surface area contributed by atoms with Gasteiger partial charge in [0.15, 0.2) is 25.5 Å². The molecule has 0 aliphatic carbocycles. The van der Waals surface area contributed by atoms with Gasteiger partial charge in [-0.1, -0.05) is 241 Å². The summed E-state index contributed by atoms with van der Waals surface area (Å²) in [6, 6.07) is 0. The molecule has 1 rings (SSSR count). The molecule has 1 aliphatic heterocycles. The summed E-state index contributed by atoms with van der Waals surface area (Å²) in [6.45, 7) is 60.4. The first-order chi connectivity index (χ1) is 59.7. The van der Waals surface area contributed by atoms with Crippen LogP contribution in [-0.2, 0) is 140 Å². The molecule has 5 atom stereocenters. The Morgan fingerprint density at radius 3 is 1.15 bits per heavy atom. The third-order valence-corrected chi connectivity index (χ3v) is 29.7. The van der Waals surface area contributed by atoms with E-state index in [0.29, 0.717) is 85.7 Å². The van der Waals surface area contributed by atoms with Gasteiger partial charge in [0, 0.05) is 88.7 Å². The summed E-state index contributed by atoms with van der Waals surface area (Å²) in [5, 5.41) is 1.18. The van der Waals surface area contributed by atoms with Crippen LogP contribution in [0.25, 0.3) is 0 Å². The highest BCUT2D eigenvalue weighted by atomic mass is 32.2. The van der Waals surface area contributed by atoms with E-state index in [-0.39, 0.29) is 119 Å². The van der Waals surface area contributed by atoms with E-state index in [1.54, 1.807) is 57.2 Å². The second-order valence-corrected chi connectivity index (χ2v) is 61.9. The molecule has 52 heteroatoms. The molecule has 0 radical (unpaired) electrons. The third-order valence-electron chi connectivity index (χ3n) is 13.0. The number of sulfonamides is 5. The molecule has 0 bridgehead atoms. The SMILES string of the molecule is C.C.C.C.CC(=O)COCC(C)C.CC(=O)CP(=O)(O)OCC(C)C.CC(C)/C=C/P(C)(=O)O.CC(C)C(=O)NS(C)(=O)=O.CC(C)CCS(=O)(=O)CP(C)(=O)O.CC(C)CN1CCCS1(=O)=O.CC(C)CNS(C)(=O)=O.CC(C)COCS(C)(=O)=O.CCS(=O)(=O)CC(C)C.CNS(=O)(=O)/C=C/C(C)C.CNS(=O)(=O)CCC(C)C.COP(=O)(O)/C=C/C(C)C.[2H]C([2H])([2H])OP(=O)(O)/C=C/C(C)C. The summed E-state index contributed by atoms with van der Waals surface area (Å²) in [4.78, 5) is 75.9. The molecule has 834 valence electrons. The number of hydrogen-bond acceptors (Lipinski definition) is 29. The second-order valence-electron chi connectivity index (χ2n) is 35.5. The molecule has 5 unspecified atom stereocenters. The Labute approximate surface area is 834 Å². The van der Waals surface area contributed by atoms with Crippen molar-refractivity contribution in [3.05, 3.63) is 47.2 Å². The minimum absolute atomic E-state index is 0. The molecule has 136 heavy (non-hydrogen) atoms. The summed E-state index contributed by atoms with van der Waals surface area (Å²) >= 11 is 0. The number of carbonyl (C=O) groups excluding carboxylic acids is 3. The van der Waals surface area contributed by atoms with Crippen molar-refractivity contribution in [2.24, 2.45) is 76.9 Å². The van der Waals surface area contributed by atoms with E-state index in [0.717, 1.165) is 50.6 Å². The van der Waals surface area contributed by atoms with Gasteiger partial charge in [0.1, 0.15) is 39.8 Å². The Kier molecular flexibility index (Phi) is 105. The van der Waals surface area contributed by atoms with Crippen LogP contribution in [0.1, 0.15) is 254 Å². The fourth-order valence-electron chi connectivity index (χ4n) is 6.67. The zero-order valence-corrected chi connectivity index (χ0v) is 96.9. The van der Waals surface area contributed by atoms with Gasteiger partial charge in [-0.2, -0.15) is 0 Å². The van der Waals surface area contributed by atoms with Gasteiger partial charge in [-0.15, -0.1) is 0 Å². The monoisotopic (exact) mass is 2230 g/mol. The number of amides is 1. The van der Waals surface area contributed by atoms with Gasteiger partial charge in [-0.05, 0) is 124 Å². The highest BCUT2D eigenvalue weighted by Gasteiger charge is 2.29. The van der Waals surface area contributed by atoms with E-state index in [4.69, 9.17) is 42.6 Å². The van der Waals surface area contributed by atoms with Gasteiger partial charge in [-0.25, -0.2) is 85.8 Å². The number of ketones is 2. The van der Waals surface area contributed by atoms with Crippen LogP contribution < -0.4 is 18.9 Å². The average Bonchev–Trinajstić information content (AvgIpc) is 1.71. The number of rotatable bonds is 43. The lowest BCUT2D eigenvalue weighted by molar-refractivity contribution is -0.122. The first-order valence-electron chi connectivity index (χ1n) is 44.0. The van der Waals surface area contributed by atoms with Crippen LogP contribution in [-0.4, -0.2) is 266 Å². The fraction of sp³-hybridized carbons (Fsp3) is 0.869. The van der Waals surface area contributed by atoms with Crippen molar-refractivity contribution in [1.29, 1.82) is 0 Å². The normalized spacial score (nSPS) is 15.4. The van der Waals surface area contributed by atoms with Crippen LogP contribution in [0, 0.1) is 76.9 Å². The summed E-state index contributed by atoms with van der Waals surface area (Å²) in [5.74, 6) is 7.36. The number of Topliss-reactive ketones (excluding diaryl/α,β-unsaturated/α-hetero) is 2. The molecule has 39 nitrogen and oxygen atoms in total. The van der Waals surface area contributed by atoms with E-state index in [2.05, 4.69) is 37.1 Å². The first-order valence-corrected chi connectivity index (χ1v) is 66.3. The Morgan fingerprint density at radius 1 is 0.507 bits per heavy atom. The number of nitrogens with one attached hydrogen (secondary N) is 4. The summed E-state index contributed by atoms with van der Waals surface area (Å²) < 4.78 is 279. The van der Waals surface area contributed by atoms with Crippen LogP contribution in [0.2, 0.25) is 0 Å². The molecule has 0 spiro atoms. The standard InChI is InChI=1S/C7H15NO2S.C7H17O4PS.C7H15O4P.C7H14O2.C6H15NO2S.C6H13NO2S.2C6H13O3P.C6H14O3S.C6H13O2P.C6H14O2S.C5H11NO3S.C5H13NO2S.4CH4/c1-7(2)6-8-4-3-5-11(8,9)10;1-7(2)4-5-13(10,11)6-12(3,8)9;1-6(2)4-11-12(9,10)5-7(3)8;1-6(2)4-9-5-7(3)8;2*1-6(2)4-5-10(8,9)7-3;2*1-6(2)4-5-10(7,8)9-3;1-6(2)4-9-5-10(3,7)8;1-6(2)4-5-9(3,7)8;1-4-9(7,8)5-6(2)3;1-4(2)5(7)6-10(3,8)9;1-5(2)4-6-9(3,7)8;;;;/h7H,3-6H2,1-2H3;7H,4-6H2,1-3H3,(H,8,9);6H,4-5H2,1-3H3,(H,9,10);6H,4-5H2,1-3H3;6-7H,4-5H2,1-3H3;4-7H,1-3H3;2*4-6H,1-3H3,(H,7,8);6H,4-5H2,1-3H3;4-6H,1-3H3,(H,7,8);6H,4-5H2,1-3H3;4H,1-3H3,(H,6,7);5-6H,4H2,1-3H3;4*1H4/b;;;;;3*5-4+;;5-4+;;;;;;;/i;;;;;;3D3;;;;;;;;;;. The number of nitrogens with zero attached hydrogens (tertiary/aromatic N) is 1. The molecule has 0 aromatic carbocycles.